The van der Waals surface area contributed by atoms with Crippen molar-refractivity contribution in [3.8, 4) is 5.75 Å². The van der Waals surface area contributed by atoms with Crippen molar-refractivity contribution >= 4 is 11.9 Å². The molecule has 0 fully saturated rings. The van der Waals surface area contributed by atoms with Crippen LogP contribution >= 0.6 is 0 Å². The normalized spacial score (nSPS) is 9.70. The monoisotopic (exact) mass is 273 g/mol. The predicted octanol–water partition coefficient (Wildman–Crippen LogP) is 2.40. The first-order chi connectivity index (χ1) is 9.40. The van der Waals surface area contributed by atoms with Crippen LogP contribution in [0.15, 0.2) is 48.6 Å². The Hall–Kier alpha value is -2.36. The molecule has 4 heteroatoms. The molecule has 0 bridgehead atoms. The quantitative estimate of drug-likeness (QED) is 0.492. The molecule has 0 aliphatic carbocycles. The Morgan fingerprint density at radius 1 is 1.10 bits per heavy atom. The van der Waals surface area contributed by atoms with Gasteiger partial charge in [-0.25, -0.2) is 4.79 Å². The van der Waals surface area contributed by atoms with Crippen LogP contribution < -0.4 is 10.1 Å². The van der Waals surface area contributed by atoms with Crippen LogP contribution in [0, 0.1) is 0 Å². The number of hydrogen-bond acceptors (Lipinski definition) is 3. The van der Waals surface area contributed by atoms with Gasteiger partial charge < -0.3 is 10.1 Å². The third-order valence-corrected chi connectivity index (χ3v) is 2.57. The highest BCUT2D eigenvalue weighted by Gasteiger charge is 2.05. The van der Waals surface area contributed by atoms with Gasteiger partial charge in [0.05, 0.1) is 0 Å². The van der Waals surface area contributed by atoms with Crippen molar-refractivity contribution in [2.24, 2.45) is 0 Å². The summed E-state index contributed by atoms with van der Waals surface area (Å²) in [4.78, 5) is 22.6. The summed E-state index contributed by atoms with van der Waals surface area (Å²) in [7, 11) is 0. The molecule has 106 valence electrons. The highest BCUT2D eigenvalue weighted by Crippen LogP contribution is 2.13. The van der Waals surface area contributed by atoms with Crippen LogP contribution in [0.25, 0.3) is 0 Å². The first kappa shape index (κ1) is 15.7. The van der Waals surface area contributed by atoms with E-state index in [4.69, 9.17) is 4.74 Å². The number of ether oxygens (including phenoxy) is 1. The van der Waals surface area contributed by atoms with E-state index in [1.54, 1.807) is 26.0 Å². The van der Waals surface area contributed by atoms with Crippen molar-refractivity contribution in [2.45, 2.75) is 20.3 Å². The molecule has 1 aromatic rings. The molecule has 0 heterocycles. The number of rotatable bonds is 6. The third kappa shape index (κ3) is 5.10. The summed E-state index contributed by atoms with van der Waals surface area (Å²) in [5.74, 6) is -0.101. The summed E-state index contributed by atoms with van der Waals surface area (Å²) in [6, 6.07) is 7.15. The Kier molecular flexibility index (Phi) is 5.72. The fourth-order valence-electron chi connectivity index (χ4n) is 1.39. The van der Waals surface area contributed by atoms with Crippen LogP contribution in [0.2, 0.25) is 0 Å². The van der Waals surface area contributed by atoms with Gasteiger partial charge in [0.25, 0.3) is 0 Å². The Morgan fingerprint density at radius 2 is 1.70 bits per heavy atom. The zero-order valence-corrected chi connectivity index (χ0v) is 11.9. The van der Waals surface area contributed by atoms with Crippen molar-refractivity contribution in [2.75, 3.05) is 6.54 Å². The molecule has 0 radical (unpaired) electrons. The molecule has 1 rings (SSSR count). The molecule has 1 N–H and O–H groups in total. The maximum Gasteiger partial charge on any atom is 0.338 e. The van der Waals surface area contributed by atoms with Crippen LogP contribution in [0.1, 0.15) is 19.4 Å². The number of carbonyl (C=O) groups excluding carboxylic acids is 2. The molecule has 20 heavy (non-hydrogen) atoms. The zero-order valence-electron chi connectivity index (χ0n) is 11.9. The largest absolute Gasteiger partial charge is 0.423 e. The Labute approximate surface area is 119 Å². The first-order valence-corrected chi connectivity index (χ1v) is 6.30. The maximum absolute atomic E-state index is 11.3. The van der Waals surface area contributed by atoms with Gasteiger partial charge in [0.15, 0.2) is 0 Å². The Balaban J connectivity index is 2.47. The summed E-state index contributed by atoms with van der Waals surface area (Å²) in [6.45, 7) is 10.9. The molecule has 1 aromatic carbocycles. The summed E-state index contributed by atoms with van der Waals surface area (Å²) in [5.41, 5.74) is 1.89. The molecule has 0 saturated heterocycles. The minimum atomic E-state index is -0.438. The minimum absolute atomic E-state index is 0.142. The molecule has 1 amide bonds. The second kappa shape index (κ2) is 7.28. The molecular formula is C16H19NO3. The zero-order chi connectivity index (χ0) is 15.1. The Bertz CT molecular complexity index is 529. The number of amides is 1. The lowest BCUT2D eigenvalue weighted by molar-refractivity contribution is -0.130. The summed E-state index contributed by atoms with van der Waals surface area (Å²) in [5, 5.41) is 2.76. The van der Waals surface area contributed by atoms with Crippen LogP contribution in [0.4, 0.5) is 0 Å². The SMILES string of the molecule is C=C(C)C(=O)NCCc1ccc(OC(=O)C(=C)C)cc1. The van der Waals surface area contributed by atoms with E-state index in [0.29, 0.717) is 29.9 Å². The standard InChI is InChI=1S/C16H19NO3/c1-11(2)15(18)17-10-9-13-5-7-14(8-6-13)20-16(19)12(3)4/h5-8H,1,3,9-10H2,2,4H3,(H,17,18). The van der Waals surface area contributed by atoms with E-state index in [1.807, 2.05) is 12.1 Å². The van der Waals surface area contributed by atoms with Gasteiger partial charge >= 0.3 is 5.97 Å². The van der Waals surface area contributed by atoms with E-state index in [2.05, 4.69) is 18.5 Å². The van der Waals surface area contributed by atoms with Gasteiger partial charge in [-0.1, -0.05) is 25.3 Å². The summed E-state index contributed by atoms with van der Waals surface area (Å²) in [6.07, 6.45) is 0.702. The molecule has 0 atom stereocenters. The van der Waals surface area contributed by atoms with Gasteiger partial charge in [-0.15, -0.1) is 0 Å². The predicted molar refractivity (Wildman–Crippen MR) is 78.4 cm³/mol. The van der Waals surface area contributed by atoms with Crippen molar-refractivity contribution in [1.29, 1.82) is 0 Å². The van der Waals surface area contributed by atoms with Crippen LogP contribution in [-0.2, 0) is 16.0 Å². The molecule has 0 aliphatic heterocycles. The molecule has 4 nitrogen and oxygen atoms in total. The second-order valence-electron chi connectivity index (χ2n) is 4.60. The Morgan fingerprint density at radius 3 is 2.20 bits per heavy atom. The van der Waals surface area contributed by atoms with Gasteiger partial charge in [0.2, 0.25) is 5.91 Å². The van der Waals surface area contributed by atoms with Gasteiger partial charge in [-0.05, 0) is 38.0 Å². The molecule has 0 unspecified atom stereocenters. The van der Waals surface area contributed by atoms with Crippen molar-refractivity contribution in [3.05, 3.63) is 54.1 Å². The molecule has 0 aromatic heterocycles. The molecular weight excluding hydrogens is 254 g/mol. The van der Waals surface area contributed by atoms with E-state index < -0.39 is 5.97 Å². The van der Waals surface area contributed by atoms with Gasteiger partial charge in [-0.3, -0.25) is 4.79 Å². The number of benzene rings is 1. The summed E-state index contributed by atoms with van der Waals surface area (Å²) < 4.78 is 5.09. The van der Waals surface area contributed by atoms with Crippen molar-refractivity contribution in [1.82, 2.24) is 5.32 Å². The van der Waals surface area contributed by atoms with Crippen LogP contribution in [0.5, 0.6) is 5.75 Å². The van der Waals surface area contributed by atoms with E-state index in [1.165, 1.54) is 0 Å². The van der Waals surface area contributed by atoms with Gasteiger partial charge in [-0.2, -0.15) is 0 Å². The third-order valence-electron chi connectivity index (χ3n) is 2.57. The second-order valence-corrected chi connectivity index (χ2v) is 4.60. The lowest BCUT2D eigenvalue weighted by atomic mass is 10.1. The van der Waals surface area contributed by atoms with Gasteiger partial charge in [0.1, 0.15) is 5.75 Å². The van der Waals surface area contributed by atoms with E-state index >= 15 is 0 Å². The van der Waals surface area contributed by atoms with Crippen molar-refractivity contribution < 1.29 is 14.3 Å². The van der Waals surface area contributed by atoms with Crippen LogP contribution in [-0.4, -0.2) is 18.4 Å². The molecule has 0 saturated carbocycles. The lowest BCUT2D eigenvalue weighted by Gasteiger charge is -2.07. The average molecular weight is 273 g/mol. The smallest absolute Gasteiger partial charge is 0.338 e. The van der Waals surface area contributed by atoms with Crippen molar-refractivity contribution in [3.63, 3.8) is 0 Å². The number of nitrogens with one attached hydrogen (secondary N) is 1. The van der Waals surface area contributed by atoms with Gasteiger partial charge in [0, 0.05) is 17.7 Å². The van der Waals surface area contributed by atoms with E-state index in [0.717, 1.165) is 5.56 Å². The topological polar surface area (TPSA) is 55.4 Å². The highest BCUT2D eigenvalue weighted by molar-refractivity contribution is 5.92. The average Bonchev–Trinajstić information content (AvgIpc) is 2.40. The summed E-state index contributed by atoms with van der Waals surface area (Å²) >= 11 is 0. The lowest BCUT2D eigenvalue weighted by Crippen LogP contribution is -2.25. The minimum Gasteiger partial charge on any atom is -0.423 e. The highest BCUT2D eigenvalue weighted by atomic mass is 16.5. The fraction of sp³-hybridized carbons (Fsp3) is 0.250. The fourth-order valence-corrected chi connectivity index (χ4v) is 1.39. The maximum atomic E-state index is 11.3. The molecule has 0 aliphatic rings. The first-order valence-electron chi connectivity index (χ1n) is 6.30. The number of hydrogen-bond donors (Lipinski definition) is 1. The van der Waals surface area contributed by atoms with E-state index in [9.17, 15) is 9.59 Å². The number of carbonyl (C=O) groups is 2. The van der Waals surface area contributed by atoms with E-state index in [-0.39, 0.29) is 5.91 Å². The number of esters is 1. The van der Waals surface area contributed by atoms with Crippen LogP contribution in [0.3, 0.4) is 0 Å². The molecule has 0 spiro atoms.